The van der Waals surface area contributed by atoms with Crippen molar-refractivity contribution in [3.63, 3.8) is 0 Å². The molecule has 4 nitrogen and oxygen atoms in total. The highest BCUT2D eigenvalue weighted by molar-refractivity contribution is 5.81. The van der Waals surface area contributed by atoms with E-state index in [1.807, 2.05) is 6.92 Å². The Kier molecular flexibility index (Phi) is 6.65. The summed E-state index contributed by atoms with van der Waals surface area (Å²) in [4.78, 5) is 14.8. The minimum absolute atomic E-state index is 0.0278. The van der Waals surface area contributed by atoms with Gasteiger partial charge in [0.25, 0.3) is 0 Å². The molecule has 1 saturated heterocycles. The summed E-state index contributed by atoms with van der Waals surface area (Å²) < 4.78 is 0. The second-order valence-corrected chi connectivity index (χ2v) is 7.38. The van der Waals surface area contributed by atoms with Crippen LogP contribution in [0.1, 0.15) is 31.7 Å². The van der Waals surface area contributed by atoms with Crippen molar-refractivity contribution < 1.29 is 4.79 Å². The third-order valence-corrected chi connectivity index (χ3v) is 5.59. The van der Waals surface area contributed by atoms with Crippen LogP contribution in [0.15, 0.2) is 42.0 Å². The topological polar surface area (TPSA) is 44.4 Å². The van der Waals surface area contributed by atoms with Crippen LogP contribution in [-0.2, 0) is 11.2 Å². The molecule has 0 radical (unpaired) electrons. The summed E-state index contributed by atoms with van der Waals surface area (Å²) in [5.74, 6) is 0.912. The number of carbonyl (C=O) groups is 1. The fraction of sp³-hybridized carbons (Fsp3) is 0.571. The van der Waals surface area contributed by atoms with Crippen LogP contribution in [0.4, 0.5) is 0 Å². The summed E-state index contributed by atoms with van der Waals surface area (Å²) in [6, 6.07) is 10.7. The molecule has 3 rings (SSSR count). The SMILES string of the molecule is CC(C(=O)NCC1=CCNCC1)N1CCC(Cc2ccccc2)CC1. The molecule has 0 bridgehead atoms. The molecule has 2 aliphatic rings. The van der Waals surface area contributed by atoms with Crippen LogP contribution in [0.25, 0.3) is 0 Å². The second-order valence-electron chi connectivity index (χ2n) is 7.38. The standard InChI is InChI=1S/C21H31N3O/c1-17(21(25)23-16-20-7-11-22-12-8-20)24-13-9-19(10-14-24)15-18-5-3-2-4-6-18/h2-7,17,19,22H,8-16H2,1H3,(H,23,25). The van der Waals surface area contributed by atoms with Crippen molar-refractivity contribution in [1.29, 1.82) is 0 Å². The van der Waals surface area contributed by atoms with E-state index in [4.69, 9.17) is 0 Å². The molecule has 2 aliphatic heterocycles. The zero-order valence-corrected chi connectivity index (χ0v) is 15.3. The number of likely N-dealkylation sites (tertiary alicyclic amines) is 1. The van der Waals surface area contributed by atoms with Crippen LogP contribution in [-0.4, -0.2) is 49.6 Å². The zero-order valence-electron chi connectivity index (χ0n) is 15.3. The lowest BCUT2D eigenvalue weighted by atomic mass is 9.89. The molecular formula is C21H31N3O. The number of piperidine rings is 1. The van der Waals surface area contributed by atoms with Crippen LogP contribution in [0.3, 0.4) is 0 Å². The van der Waals surface area contributed by atoms with Gasteiger partial charge in [-0.1, -0.05) is 42.0 Å². The van der Waals surface area contributed by atoms with Crippen molar-refractivity contribution in [3.05, 3.63) is 47.5 Å². The first-order chi connectivity index (χ1) is 12.2. The maximum absolute atomic E-state index is 12.5. The molecular weight excluding hydrogens is 310 g/mol. The smallest absolute Gasteiger partial charge is 0.237 e. The number of amides is 1. The summed E-state index contributed by atoms with van der Waals surface area (Å²) in [6.07, 6.45) is 6.77. The highest BCUT2D eigenvalue weighted by Crippen LogP contribution is 2.23. The number of nitrogens with zero attached hydrogens (tertiary/aromatic N) is 1. The molecule has 1 fully saturated rings. The Morgan fingerprint density at radius 1 is 1.28 bits per heavy atom. The van der Waals surface area contributed by atoms with E-state index < -0.39 is 0 Å². The maximum atomic E-state index is 12.5. The summed E-state index contributed by atoms with van der Waals surface area (Å²) in [7, 11) is 0. The Labute approximate surface area is 151 Å². The van der Waals surface area contributed by atoms with Gasteiger partial charge in [-0.15, -0.1) is 0 Å². The van der Waals surface area contributed by atoms with E-state index >= 15 is 0 Å². The Morgan fingerprint density at radius 2 is 2.04 bits per heavy atom. The largest absolute Gasteiger partial charge is 0.351 e. The molecule has 0 aliphatic carbocycles. The molecule has 1 atom stereocenters. The van der Waals surface area contributed by atoms with Gasteiger partial charge in [-0.25, -0.2) is 0 Å². The molecule has 25 heavy (non-hydrogen) atoms. The van der Waals surface area contributed by atoms with Crippen molar-refractivity contribution in [3.8, 4) is 0 Å². The summed E-state index contributed by atoms with van der Waals surface area (Å²) >= 11 is 0. The molecule has 2 N–H and O–H groups in total. The molecule has 0 spiro atoms. The van der Waals surface area contributed by atoms with E-state index in [0.29, 0.717) is 6.54 Å². The van der Waals surface area contributed by atoms with E-state index in [-0.39, 0.29) is 11.9 Å². The van der Waals surface area contributed by atoms with Crippen LogP contribution in [0.2, 0.25) is 0 Å². The number of hydrogen-bond acceptors (Lipinski definition) is 3. The van der Waals surface area contributed by atoms with Crippen molar-refractivity contribution in [2.24, 2.45) is 5.92 Å². The number of hydrogen-bond donors (Lipinski definition) is 2. The first-order valence-electron chi connectivity index (χ1n) is 9.66. The molecule has 4 heteroatoms. The number of rotatable bonds is 6. The van der Waals surface area contributed by atoms with Crippen molar-refractivity contribution in [2.45, 2.75) is 38.6 Å². The monoisotopic (exact) mass is 341 g/mol. The molecule has 1 amide bonds. The maximum Gasteiger partial charge on any atom is 0.237 e. The quantitative estimate of drug-likeness (QED) is 0.781. The van der Waals surface area contributed by atoms with E-state index in [1.54, 1.807) is 0 Å². The highest BCUT2D eigenvalue weighted by Gasteiger charge is 2.26. The minimum atomic E-state index is -0.0278. The lowest BCUT2D eigenvalue weighted by molar-refractivity contribution is -0.126. The van der Waals surface area contributed by atoms with Gasteiger partial charge in [0.15, 0.2) is 0 Å². The van der Waals surface area contributed by atoms with Crippen molar-refractivity contribution >= 4 is 5.91 Å². The Bertz CT molecular complexity index is 576. The van der Waals surface area contributed by atoms with Gasteiger partial charge in [-0.3, -0.25) is 9.69 Å². The average molecular weight is 341 g/mol. The van der Waals surface area contributed by atoms with Crippen molar-refractivity contribution in [1.82, 2.24) is 15.5 Å². The third-order valence-electron chi connectivity index (χ3n) is 5.59. The molecule has 2 heterocycles. The second kappa shape index (κ2) is 9.16. The molecule has 136 valence electrons. The first kappa shape index (κ1) is 18.2. The fourth-order valence-corrected chi connectivity index (χ4v) is 3.84. The third kappa shape index (κ3) is 5.41. The summed E-state index contributed by atoms with van der Waals surface area (Å²) in [5, 5.41) is 6.42. The van der Waals surface area contributed by atoms with Gasteiger partial charge in [0, 0.05) is 13.1 Å². The fourth-order valence-electron chi connectivity index (χ4n) is 3.84. The van der Waals surface area contributed by atoms with Gasteiger partial charge >= 0.3 is 0 Å². The van der Waals surface area contributed by atoms with Gasteiger partial charge in [0.2, 0.25) is 5.91 Å². The van der Waals surface area contributed by atoms with E-state index in [0.717, 1.165) is 44.9 Å². The van der Waals surface area contributed by atoms with Crippen LogP contribution in [0.5, 0.6) is 0 Å². The average Bonchev–Trinajstić information content (AvgIpc) is 2.68. The van der Waals surface area contributed by atoms with E-state index in [1.165, 1.54) is 24.0 Å². The van der Waals surface area contributed by atoms with Gasteiger partial charge in [0.05, 0.1) is 6.04 Å². The highest BCUT2D eigenvalue weighted by atomic mass is 16.2. The predicted octanol–water partition coefficient (Wildman–Crippen LogP) is 2.37. The lowest BCUT2D eigenvalue weighted by Crippen LogP contribution is -2.48. The predicted molar refractivity (Wildman–Crippen MR) is 102 cm³/mol. The van der Waals surface area contributed by atoms with Gasteiger partial charge in [-0.2, -0.15) is 0 Å². The van der Waals surface area contributed by atoms with Crippen LogP contribution >= 0.6 is 0 Å². The minimum Gasteiger partial charge on any atom is -0.351 e. The Morgan fingerprint density at radius 3 is 2.72 bits per heavy atom. The molecule has 0 aromatic heterocycles. The Balaban J connectivity index is 1.40. The first-order valence-corrected chi connectivity index (χ1v) is 9.66. The van der Waals surface area contributed by atoms with Gasteiger partial charge < -0.3 is 10.6 Å². The molecule has 0 saturated carbocycles. The zero-order chi connectivity index (χ0) is 17.5. The molecule has 1 aromatic carbocycles. The van der Waals surface area contributed by atoms with Gasteiger partial charge in [-0.05, 0) is 63.7 Å². The number of benzene rings is 1. The number of carbonyl (C=O) groups excluding carboxylic acids is 1. The van der Waals surface area contributed by atoms with Gasteiger partial charge in [0.1, 0.15) is 0 Å². The molecule has 1 aromatic rings. The van der Waals surface area contributed by atoms with E-state index in [2.05, 4.69) is 51.9 Å². The summed E-state index contributed by atoms with van der Waals surface area (Å²) in [6.45, 7) is 6.75. The normalized spacial score (nSPS) is 20.8. The summed E-state index contributed by atoms with van der Waals surface area (Å²) in [5.41, 5.74) is 2.78. The Hall–Kier alpha value is -1.65. The van der Waals surface area contributed by atoms with Crippen molar-refractivity contribution in [2.75, 3.05) is 32.7 Å². The van der Waals surface area contributed by atoms with Crippen LogP contribution < -0.4 is 10.6 Å². The molecule has 1 unspecified atom stereocenters. The van der Waals surface area contributed by atoms with Crippen LogP contribution in [0, 0.1) is 5.92 Å². The van der Waals surface area contributed by atoms with E-state index in [9.17, 15) is 4.79 Å². The number of nitrogens with one attached hydrogen (secondary N) is 2. The lowest BCUT2D eigenvalue weighted by Gasteiger charge is -2.35.